The van der Waals surface area contributed by atoms with Gasteiger partial charge in [-0.25, -0.2) is 13.6 Å². The van der Waals surface area contributed by atoms with E-state index in [1.807, 2.05) is 13.8 Å². The van der Waals surface area contributed by atoms with Crippen molar-refractivity contribution in [3.8, 4) is 5.75 Å². The van der Waals surface area contributed by atoms with Gasteiger partial charge in [0.2, 0.25) is 15.9 Å². The van der Waals surface area contributed by atoms with Crippen molar-refractivity contribution >= 4 is 15.9 Å². The molecule has 1 unspecified atom stereocenters. The third-order valence-corrected chi connectivity index (χ3v) is 4.77. The highest BCUT2D eigenvalue weighted by Gasteiger charge is 2.50. The van der Waals surface area contributed by atoms with E-state index in [1.54, 1.807) is 0 Å². The lowest BCUT2D eigenvalue weighted by Crippen LogP contribution is -2.26. The van der Waals surface area contributed by atoms with Gasteiger partial charge in [-0.15, -0.1) is 0 Å². The average Bonchev–Trinajstić information content (AvgIpc) is 3.03. The number of hydrogen-bond donors (Lipinski definition) is 2. The van der Waals surface area contributed by atoms with Crippen molar-refractivity contribution in [1.29, 1.82) is 0 Å². The van der Waals surface area contributed by atoms with Gasteiger partial charge in [0.15, 0.2) is 0 Å². The summed E-state index contributed by atoms with van der Waals surface area (Å²) >= 11 is 0. The van der Waals surface area contributed by atoms with Crippen molar-refractivity contribution in [1.82, 2.24) is 5.32 Å². The summed E-state index contributed by atoms with van der Waals surface area (Å²) in [6, 6.07) is 4.33. The molecule has 0 bridgehead atoms. The highest BCUT2D eigenvalue weighted by atomic mass is 32.2. The maximum absolute atomic E-state index is 12.0. The SMILES string of the molecule is COc1ccc(S(N)(=O)=O)cc1CNC(=O)C1CC1(C)C. The number of primary sulfonamides is 1. The molecule has 1 saturated carbocycles. The van der Waals surface area contributed by atoms with E-state index in [0.29, 0.717) is 11.3 Å². The van der Waals surface area contributed by atoms with Crippen LogP contribution in [0, 0.1) is 11.3 Å². The van der Waals surface area contributed by atoms with E-state index in [9.17, 15) is 13.2 Å². The molecule has 1 fully saturated rings. The number of sulfonamides is 1. The molecule has 2 rings (SSSR count). The summed E-state index contributed by atoms with van der Waals surface area (Å²) in [5.74, 6) is 0.505. The fourth-order valence-electron chi connectivity index (χ4n) is 2.29. The highest BCUT2D eigenvalue weighted by molar-refractivity contribution is 7.89. The van der Waals surface area contributed by atoms with Gasteiger partial charge in [0, 0.05) is 18.0 Å². The van der Waals surface area contributed by atoms with Gasteiger partial charge in [-0.05, 0) is 30.0 Å². The first kappa shape index (κ1) is 15.8. The van der Waals surface area contributed by atoms with E-state index in [2.05, 4.69) is 5.32 Å². The summed E-state index contributed by atoms with van der Waals surface area (Å²) in [4.78, 5) is 12.0. The summed E-state index contributed by atoms with van der Waals surface area (Å²) < 4.78 is 27.9. The fraction of sp³-hybridized carbons (Fsp3) is 0.500. The maximum Gasteiger partial charge on any atom is 0.238 e. The Morgan fingerprint density at radius 1 is 1.48 bits per heavy atom. The van der Waals surface area contributed by atoms with Crippen LogP contribution in [0.1, 0.15) is 25.8 Å². The van der Waals surface area contributed by atoms with E-state index >= 15 is 0 Å². The fourth-order valence-corrected chi connectivity index (χ4v) is 2.85. The zero-order chi connectivity index (χ0) is 15.8. The molecule has 0 saturated heterocycles. The van der Waals surface area contributed by atoms with Gasteiger partial charge in [0.1, 0.15) is 5.75 Å². The zero-order valence-electron chi connectivity index (χ0n) is 12.3. The number of carbonyl (C=O) groups is 1. The van der Waals surface area contributed by atoms with Gasteiger partial charge in [0.25, 0.3) is 0 Å². The summed E-state index contributed by atoms with van der Waals surface area (Å²) in [7, 11) is -2.29. The molecule has 1 aromatic carbocycles. The molecule has 1 aromatic rings. The molecule has 1 aliphatic carbocycles. The Kier molecular flexibility index (Phi) is 3.99. The quantitative estimate of drug-likeness (QED) is 0.847. The van der Waals surface area contributed by atoms with Crippen LogP contribution in [0.15, 0.2) is 23.1 Å². The first-order valence-corrected chi connectivity index (χ1v) is 8.17. The zero-order valence-corrected chi connectivity index (χ0v) is 13.2. The summed E-state index contributed by atoms with van der Waals surface area (Å²) in [5.41, 5.74) is 0.632. The van der Waals surface area contributed by atoms with Crippen LogP contribution in [-0.2, 0) is 21.4 Å². The third kappa shape index (κ3) is 3.54. The number of nitrogens with one attached hydrogen (secondary N) is 1. The number of ether oxygens (including phenoxy) is 1. The van der Waals surface area contributed by atoms with E-state index < -0.39 is 10.0 Å². The van der Waals surface area contributed by atoms with E-state index in [-0.39, 0.29) is 28.7 Å². The molecule has 0 aliphatic heterocycles. The van der Waals surface area contributed by atoms with Crippen molar-refractivity contribution in [3.63, 3.8) is 0 Å². The number of rotatable bonds is 5. The van der Waals surface area contributed by atoms with Crippen LogP contribution in [-0.4, -0.2) is 21.4 Å². The maximum atomic E-state index is 12.0. The van der Waals surface area contributed by atoms with Crippen LogP contribution in [0.5, 0.6) is 5.75 Å². The summed E-state index contributed by atoms with van der Waals surface area (Å²) in [6.07, 6.45) is 0.868. The minimum Gasteiger partial charge on any atom is -0.496 e. The van der Waals surface area contributed by atoms with Crippen LogP contribution in [0.2, 0.25) is 0 Å². The minimum atomic E-state index is -3.78. The third-order valence-electron chi connectivity index (χ3n) is 3.86. The summed E-state index contributed by atoms with van der Waals surface area (Å²) in [5, 5.41) is 7.93. The molecular formula is C14H20N2O4S. The minimum absolute atomic E-state index is 0.000647. The number of amides is 1. The number of nitrogens with two attached hydrogens (primary N) is 1. The first-order valence-electron chi connectivity index (χ1n) is 6.62. The normalized spacial score (nSPS) is 19.9. The molecular weight excluding hydrogens is 292 g/mol. The number of methoxy groups -OCH3 is 1. The van der Waals surface area contributed by atoms with E-state index in [0.717, 1.165) is 6.42 Å². The van der Waals surface area contributed by atoms with Gasteiger partial charge in [-0.2, -0.15) is 0 Å². The second-order valence-electron chi connectivity index (χ2n) is 5.98. The molecule has 3 N–H and O–H groups in total. The van der Waals surface area contributed by atoms with Crippen LogP contribution in [0.25, 0.3) is 0 Å². The highest BCUT2D eigenvalue weighted by Crippen LogP contribution is 2.51. The molecule has 1 amide bonds. The Labute approximate surface area is 124 Å². The lowest BCUT2D eigenvalue weighted by atomic mass is 10.1. The van der Waals surface area contributed by atoms with Gasteiger partial charge in [0.05, 0.1) is 12.0 Å². The monoisotopic (exact) mass is 312 g/mol. The average molecular weight is 312 g/mol. The molecule has 0 aromatic heterocycles. The van der Waals surface area contributed by atoms with Crippen LogP contribution in [0.3, 0.4) is 0 Å². The molecule has 1 atom stereocenters. The van der Waals surface area contributed by atoms with Gasteiger partial charge >= 0.3 is 0 Å². The molecule has 116 valence electrons. The predicted molar refractivity (Wildman–Crippen MR) is 78.1 cm³/mol. The van der Waals surface area contributed by atoms with E-state index in [1.165, 1.54) is 25.3 Å². The van der Waals surface area contributed by atoms with Crippen LogP contribution in [0.4, 0.5) is 0 Å². The lowest BCUT2D eigenvalue weighted by Gasteiger charge is -2.12. The number of hydrogen-bond acceptors (Lipinski definition) is 4. The Morgan fingerprint density at radius 3 is 2.57 bits per heavy atom. The molecule has 0 spiro atoms. The largest absolute Gasteiger partial charge is 0.496 e. The van der Waals surface area contributed by atoms with Crippen LogP contribution >= 0.6 is 0 Å². The van der Waals surface area contributed by atoms with Crippen molar-refractivity contribution in [2.24, 2.45) is 16.5 Å². The topological polar surface area (TPSA) is 98.5 Å². The lowest BCUT2D eigenvalue weighted by molar-refractivity contribution is -0.123. The van der Waals surface area contributed by atoms with Gasteiger partial charge < -0.3 is 10.1 Å². The Morgan fingerprint density at radius 2 is 2.10 bits per heavy atom. The molecule has 0 heterocycles. The van der Waals surface area contributed by atoms with Gasteiger partial charge in [-0.1, -0.05) is 13.8 Å². The van der Waals surface area contributed by atoms with Crippen molar-refractivity contribution in [3.05, 3.63) is 23.8 Å². The Bertz CT molecular complexity index is 668. The van der Waals surface area contributed by atoms with Crippen molar-refractivity contribution in [2.75, 3.05) is 7.11 Å². The first-order chi connectivity index (χ1) is 9.65. The molecule has 21 heavy (non-hydrogen) atoms. The second kappa shape index (κ2) is 5.31. The standard InChI is InChI=1S/C14H20N2O4S/c1-14(2)7-11(14)13(17)16-8-9-6-10(21(15,18)19)4-5-12(9)20-3/h4-6,11H,7-8H2,1-3H3,(H,16,17)(H2,15,18,19). The Balaban J connectivity index is 2.13. The van der Waals surface area contributed by atoms with Gasteiger partial charge in [-0.3, -0.25) is 4.79 Å². The van der Waals surface area contributed by atoms with E-state index in [4.69, 9.17) is 9.88 Å². The van der Waals surface area contributed by atoms with Crippen molar-refractivity contribution < 1.29 is 17.9 Å². The van der Waals surface area contributed by atoms with Crippen LogP contribution < -0.4 is 15.2 Å². The number of benzene rings is 1. The van der Waals surface area contributed by atoms with Crippen molar-refractivity contribution in [2.45, 2.75) is 31.7 Å². The molecule has 1 aliphatic rings. The molecule has 0 radical (unpaired) electrons. The smallest absolute Gasteiger partial charge is 0.238 e. The molecule has 7 heteroatoms. The molecule has 6 nitrogen and oxygen atoms in total. The summed E-state index contributed by atoms with van der Waals surface area (Å²) in [6.45, 7) is 4.29. The number of carbonyl (C=O) groups excluding carboxylic acids is 1. The second-order valence-corrected chi connectivity index (χ2v) is 7.54. The Hall–Kier alpha value is -1.60. The predicted octanol–water partition coefficient (Wildman–Crippen LogP) is 1.00.